The number of amides is 2. The molecule has 2 aromatic rings. The first kappa shape index (κ1) is 28.4. The minimum atomic E-state index is -2.82. The first-order valence-electron chi connectivity index (χ1n) is 13.2. The number of thiazole rings is 1. The zero-order chi connectivity index (χ0) is 27.8. The van der Waals surface area contributed by atoms with Crippen LogP contribution in [0.25, 0.3) is 10.4 Å². The van der Waals surface area contributed by atoms with E-state index >= 15 is 0 Å². The molecule has 1 saturated carbocycles. The summed E-state index contributed by atoms with van der Waals surface area (Å²) in [5.74, 6) is -0.605. The van der Waals surface area contributed by atoms with E-state index in [1.165, 1.54) is 12.3 Å². The Balaban J connectivity index is 1.77. The molecule has 8 nitrogen and oxygen atoms in total. The second-order valence-corrected chi connectivity index (χ2v) is 12.4. The van der Waals surface area contributed by atoms with Crippen molar-refractivity contribution in [1.29, 1.82) is 0 Å². The quantitative estimate of drug-likeness (QED) is 0.387. The molecular weight excluding hydrogens is 512 g/mol. The standard InChI is InChI=1S/C27H37F2N5O3S/c1-6-16-9-8-15(2)34(16)25(36)20-21(38-24(32-20)23(35)31-14-26(3,4)37)18-13-30-19(12-17(18)22(28)29)33-27(5)10-7-11-27/h12-13,15-16,22,37H,6-11,14H2,1-5H3,(H,30,33)(H,31,35). The van der Waals surface area contributed by atoms with Gasteiger partial charge < -0.3 is 20.6 Å². The molecule has 1 aliphatic carbocycles. The summed E-state index contributed by atoms with van der Waals surface area (Å²) in [7, 11) is 0. The lowest BCUT2D eigenvalue weighted by molar-refractivity contribution is 0.0668. The molecule has 2 atom stereocenters. The van der Waals surface area contributed by atoms with Gasteiger partial charge in [0.1, 0.15) is 11.5 Å². The summed E-state index contributed by atoms with van der Waals surface area (Å²) in [5, 5.41) is 15.9. The van der Waals surface area contributed by atoms with Crippen LogP contribution in [0.5, 0.6) is 0 Å². The molecule has 2 aliphatic rings. The highest BCUT2D eigenvalue weighted by molar-refractivity contribution is 7.17. The Bertz CT molecular complexity index is 1190. The summed E-state index contributed by atoms with van der Waals surface area (Å²) in [6, 6.07) is 1.32. The number of halogens is 2. The summed E-state index contributed by atoms with van der Waals surface area (Å²) < 4.78 is 28.8. The largest absolute Gasteiger partial charge is 0.389 e. The normalized spacial score (nSPS) is 20.9. The molecule has 4 rings (SSSR count). The number of hydrogen-bond donors (Lipinski definition) is 3. The second-order valence-electron chi connectivity index (χ2n) is 11.4. The van der Waals surface area contributed by atoms with Gasteiger partial charge >= 0.3 is 0 Å². The number of anilines is 1. The molecule has 2 aromatic heterocycles. The summed E-state index contributed by atoms with van der Waals surface area (Å²) >= 11 is 0.889. The topological polar surface area (TPSA) is 107 Å². The molecule has 2 unspecified atom stereocenters. The molecule has 0 aromatic carbocycles. The van der Waals surface area contributed by atoms with Crippen LogP contribution in [0, 0.1) is 0 Å². The van der Waals surface area contributed by atoms with Gasteiger partial charge in [-0.15, -0.1) is 11.3 Å². The van der Waals surface area contributed by atoms with E-state index in [0.717, 1.165) is 49.9 Å². The van der Waals surface area contributed by atoms with Crippen molar-refractivity contribution in [3.8, 4) is 10.4 Å². The van der Waals surface area contributed by atoms with Gasteiger partial charge in [-0.1, -0.05) is 6.92 Å². The van der Waals surface area contributed by atoms with E-state index in [1.54, 1.807) is 18.7 Å². The number of nitrogens with one attached hydrogen (secondary N) is 2. The van der Waals surface area contributed by atoms with Crippen molar-refractivity contribution in [2.45, 2.75) is 103 Å². The number of alkyl halides is 2. The van der Waals surface area contributed by atoms with Crippen LogP contribution in [0.1, 0.15) is 105 Å². The van der Waals surface area contributed by atoms with Gasteiger partial charge in [0.05, 0.1) is 10.5 Å². The van der Waals surface area contributed by atoms with Crippen molar-refractivity contribution in [3.05, 3.63) is 28.5 Å². The van der Waals surface area contributed by atoms with Gasteiger partial charge in [-0.3, -0.25) is 9.59 Å². The third-order valence-electron chi connectivity index (χ3n) is 7.50. The predicted molar refractivity (Wildman–Crippen MR) is 144 cm³/mol. The van der Waals surface area contributed by atoms with Crippen LogP contribution in [0.2, 0.25) is 0 Å². The van der Waals surface area contributed by atoms with Crippen molar-refractivity contribution in [3.63, 3.8) is 0 Å². The van der Waals surface area contributed by atoms with E-state index in [0.29, 0.717) is 5.82 Å². The lowest BCUT2D eigenvalue weighted by Gasteiger charge is -2.39. The molecule has 38 heavy (non-hydrogen) atoms. The molecule has 3 heterocycles. The Labute approximate surface area is 226 Å². The molecule has 3 N–H and O–H groups in total. The Morgan fingerprint density at radius 3 is 2.61 bits per heavy atom. The molecular formula is C27H37F2N5O3S. The lowest BCUT2D eigenvalue weighted by Crippen LogP contribution is -2.41. The zero-order valence-corrected chi connectivity index (χ0v) is 23.4. The predicted octanol–water partition coefficient (Wildman–Crippen LogP) is 5.40. The van der Waals surface area contributed by atoms with Crippen LogP contribution in [0.3, 0.4) is 0 Å². The van der Waals surface area contributed by atoms with Gasteiger partial charge in [0.25, 0.3) is 18.2 Å². The van der Waals surface area contributed by atoms with E-state index < -0.39 is 17.9 Å². The van der Waals surface area contributed by atoms with Crippen LogP contribution in [0.4, 0.5) is 14.6 Å². The maximum Gasteiger partial charge on any atom is 0.280 e. The monoisotopic (exact) mass is 549 g/mol. The van der Waals surface area contributed by atoms with Gasteiger partial charge in [0, 0.05) is 41.5 Å². The maximum absolute atomic E-state index is 14.4. The summed E-state index contributed by atoms with van der Waals surface area (Å²) in [5.41, 5.74) is -1.53. The lowest BCUT2D eigenvalue weighted by atomic mass is 9.78. The Morgan fingerprint density at radius 2 is 2.03 bits per heavy atom. The van der Waals surface area contributed by atoms with Crippen LogP contribution in [-0.2, 0) is 0 Å². The fourth-order valence-corrected chi connectivity index (χ4v) is 6.13. The SMILES string of the molecule is CCC1CCC(C)N1C(=O)c1nc(C(=O)NCC(C)(C)O)sc1-c1cnc(NC2(C)CCC2)cc1C(F)F. The Hall–Kier alpha value is -2.66. The number of aromatic nitrogens is 2. The molecule has 1 saturated heterocycles. The summed E-state index contributed by atoms with van der Waals surface area (Å²) in [6.07, 6.45) is 3.91. The third-order valence-corrected chi connectivity index (χ3v) is 8.59. The molecule has 11 heteroatoms. The van der Waals surface area contributed by atoms with Crippen molar-refractivity contribution < 1.29 is 23.5 Å². The van der Waals surface area contributed by atoms with Gasteiger partial charge in [-0.25, -0.2) is 18.7 Å². The smallest absolute Gasteiger partial charge is 0.280 e. The Kier molecular flexibility index (Phi) is 8.09. The fourth-order valence-electron chi connectivity index (χ4n) is 5.13. The number of carbonyl (C=O) groups is 2. The number of aliphatic hydroxyl groups is 1. The minimum absolute atomic E-state index is 0.0157. The highest BCUT2D eigenvalue weighted by Gasteiger charge is 2.38. The highest BCUT2D eigenvalue weighted by atomic mass is 32.1. The number of likely N-dealkylation sites (tertiary alicyclic amines) is 1. The van der Waals surface area contributed by atoms with E-state index in [9.17, 15) is 23.5 Å². The van der Waals surface area contributed by atoms with E-state index in [4.69, 9.17) is 0 Å². The van der Waals surface area contributed by atoms with Crippen molar-refractivity contribution in [2.75, 3.05) is 11.9 Å². The van der Waals surface area contributed by atoms with Crippen molar-refractivity contribution in [1.82, 2.24) is 20.2 Å². The first-order chi connectivity index (χ1) is 17.8. The first-order valence-corrected chi connectivity index (χ1v) is 14.0. The van der Waals surface area contributed by atoms with E-state index in [2.05, 4.69) is 20.6 Å². The van der Waals surface area contributed by atoms with Crippen molar-refractivity contribution >= 4 is 29.0 Å². The van der Waals surface area contributed by atoms with Crippen LogP contribution < -0.4 is 10.6 Å². The zero-order valence-electron chi connectivity index (χ0n) is 22.6. The summed E-state index contributed by atoms with van der Waals surface area (Å²) in [6.45, 7) is 9.07. The van der Waals surface area contributed by atoms with Gasteiger partial charge in [0.2, 0.25) is 0 Å². The van der Waals surface area contributed by atoms with E-state index in [1.807, 2.05) is 20.8 Å². The molecule has 1 aliphatic heterocycles. The maximum atomic E-state index is 14.4. The van der Waals surface area contributed by atoms with Crippen molar-refractivity contribution in [2.24, 2.45) is 0 Å². The third kappa shape index (κ3) is 5.98. The van der Waals surface area contributed by atoms with Gasteiger partial charge in [0.15, 0.2) is 5.01 Å². The van der Waals surface area contributed by atoms with Gasteiger partial charge in [-0.05, 0) is 72.3 Å². The molecule has 2 fully saturated rings. The minimum Gasteiger partial charge on any atom is -0.389 e. The Morgan fingerprint density at radius 1 is 1.32 bits per heavy atom. The number of carbonyl (C=O) groups excluding carboxylic acids is 2. The molecule has 0 bridgehead atoms. The average Bonchev–Trinajstić information content (AvgIpc) is 3.44. The highest BCUT2D eigenvalue weighted by Crippen LogP contribution is 2.41. The van der Waals surface area contributed by atoms with Crippen LogP contribution in [-0.4, -0.2) is 61.6 Å². The number of hydrogen-bond acceptors (Lipinski definition) is 7. The van der Waals surface area contributed by atoms with Gasteiger partial charge in [-0.2, -0.15) is 0 Å². The van der Waals surface area contributed by atoms with E-state index in [-0.39, 0.29) is 56.8 Å². The molecule has 0 radical (unpaired) electrons. The number of nitrogens with zero attached hydrogens (tertiary/aromatic N) is 3. The number of pyridine rings is 1. The number of rotatable bonds is 9. The average molecular weight is 550 g/mol. The molecule has 0 spiro atoms. The van der Waals surface area contributed by atoms with Crippen LogP contribution in [0.15, 0.2) is 12.3 Å². The fraction of sp³-hybridized carbons (Fsp3) is 0.630. The second kappa shape index (κ2) is 10.8. The summed E-state index contributed by atoms with van der Waals surface area (Å²) in [4.78, 5) is 37.5. The molecule has 208 valence electrons. The van der Waals surface area contributed by atoms with Crippen LogP contribution >= 0.6 is 11.3 Å². The molecule has 2 amide bonds.